The lowest BCUT2D eigenvalue weighted by Crippen LogP contribution is -2.28. The summed E-state index contributed by atoms with van der Waals surface area (Å²) in [7, 11) is 0. The first-order chi connectivity index (χ1) is 9.67. The second-order valence-corrected chi connectivity index (χ2v) is 5.96. The van der Waals surface area contributed by atoms with Crippen molar-refractivity contribution in [3.8, 4) is 0 Å². The van der Waals surface area contributed by atoms with Gasteiger partial charge in [0.1, 0.15) is 5.82 Å². The van der Waals surface area contributed by atoms with Crippen LogP contribution in [0, 0.1) is 12.7 Å². The number of halogens is 1. The molecule has 1 aromatic heterocycles. The quantitative estimate of drug-likeness (QED) is 0.566. The molecule has 3 N–H and O–H groups in total. The fourth-order valence-corrected chi connectivity index (χ4v) is 3.50. The molecule has 2 nitrogen and oxygen atoms in total. The fraction of sp³-hybridized carbons (Fsp3) is 0.125. The van der Waals surface area contributed by atoms with Crippen molar-refractivity contribution in [1.82, 2.24) is 5.43 Å². The van der Waals surface area contributed by atoms with Gasteiger partial charge in [0.15, 0.2) is 0 Å². The normalized spacial score (nSPS) is 12.8. The predicted octanol–water partition coefficient (Wildman–Crippen LogP) is 3.90. The Labute approximate surface area is 121 Å². The summed E-state index contributed by atoms with van der Waals surface area (Å²) < 4.78 is 14.3. The van der Waals surface area contributed by atoms with E-state index in [-0.39, 0.29) is 11.9 Å². The molecule has 0 amide bonds. The summed E-state index contributed by atoms with van der Waals surface area (Å²) in [5.74, 6) is 5.51. The molecule has 0 aliphatic carbocycles. The highest BCUT2D eigenvalue weighted by molar-refractivity contribution is 7.19. The molecule has 0 saturated carbocycles. The topological polar surface area (TPSA) is 38.0 Å². The van der Waals surface area contributed by atoms with Gasteiger partial charge in [-0.25, -0.2) is 9.82 Å². The van der Waals surface area contributed by atoms with Gasteiger partial charge in [0.25, 0.3) is 0 Å². The molecule has 0 aliphatic rings. The van der Waals surface area contributed by atoms with Gasteiger partial charge in [-0.1, -0.05) is 29.8 Å². The highest BCUT2D eigenvalue weighted by Gasteiger charge is 2.15. The minimum absolute atomic E-state index is 0.0737. The Morgan fingerprint density at radius 3 is 2.75 bits per heavy atom. The molecule has 0 fully saturated rings. The first-order valence-electron chi connectivity index (χ1n) is 6.39. The lowest BCUT2D eigenvalue weighted by molar-refractivity contribution is 0.629. The van der Waals surface area contributed by atoms with E-state index in [4.69, 9.17) is 5.84 Å². The smallest absolute Gasteiger partial charge is 0.123 e. The van der Waals surface area contributed by atoms with Crippen molar-refractivity contribution in [1.29, 1.82) is 0 Å². The van der Waals surface area contributed by atoms with Crippen LogP contribution in [0.1, 0.15) is 22.0 Å². The summed E-state index contributed by atoms with van der Waals surface area (Å²) in [6.45, 7) is 2.05. The van der Waals surface area contributed by atoms with Gasteiger partial charge in [0.05, 0.1) is 6.04 Å². The number of nitrogens with two attached hydrogens (primary N) is 1. The average molecular weight is 286 g/mol. The Hall–Kier alpha value is -1.75. The van der Waals surface area contributed by atoms with Crippen molar-refractivity contribution in [3.63, 3.8) is 0 Å². The second kappa shape index (κ2) is 5.32. The number of hydrogen-bond donors (Lipinski definition) is 2. The Morgan fingerprint density at radius 2 is 2.00 bits per heavy atom. The molecule has 3 aromatic rings. The molecule has 102 valence electrons. The lowest BCUT2D eigenvalue weighted by Gasteiger charge is -2.15. The first-order valence-corrected chi connectivity index (χ1v) is 7.21. The van der Waals surface area contributed by atoms with Gasteiger partial charge in [0.2, 0.25) is 0 Å². The van der Waals surface area contributed by atoms with E-state index in [0.29, 0.717) is 0 Å². The van der Waals surface area contributed by atoms with Crippen LogP contribution >= 0.6 is 11.3 Å². The van der Waals surface area contributed by atoms with E-state index in [2.05, 4.69) is 24.5 Å². The lowest BCUT2D eigenvalue weighted by atomic mass is 10.0. The highest BCUT2D eigenvalue weighted by Crippen LogP contribution is 2.33. The minimum atomic E-state index is -0.213. The van der Waals surface area contributed by atoms with E-state index in [1.807, 2.05) is 24.3 Å². The number of thiophene rings is 1. The zero-order chi connectivity index (χ0) is 14.1. The number of hydrogen-bond acceptors (Lipinski definition) is 3. The molecular weight excluding hydrogens is 271 g/mol. The van der Waals surface area contributed by atoms with Gasteiger partial charge in [-0.15, -0.1) is 11.3 Å². The van der Waals surface area contributed by atoms with Crippen LogP contribution in [0.3, 0.4) is 0 Å². The van der Waals surface area contributed by atoms with Crippen LogP contribution in [0.2, 0.25) is 0 Å². The Kier molecular flexibility index (Phi) is 3.53. The van der Waals surface area contributed by atoms with Crippen LogP contribution in [0.25, 0.3) is 10.1 Å². The maximum atomic E-state index is 13.3. The monoisotopic (exact) mass is 286 g/mol. The Morgan fingerprint density at radius 1 is 1.15 bits per heavy atom. The van der Waals surface area contributed by atoms with Crippen LogP contribution in [-0.4, -0.2) is 0 Å². The summed E-state index contributed by atoms with van der Waals surface area (Å²) in [6.07, 6.45) is 0. The molecule has 0 bridgehead atoms. The van der Waals surface area contributed by atoms with Gasteiger partial charge in [-0.3, -0.25) is 5.84 Å². The van der Waals surface area contributed by atoms with Crippen LogP contribution < -0.4 is 11.3 Å². The van der Waals surface area contributed by atoms with Gasteiger partial charge < -0.3 is 0 Å². The van der Waals surface area contributed by atoms with Crippen LogP contribution in [-0.2, 0) is 0 Å². The average Bonchev–Trinajstić information content (AvgIpc) is 2.82. The van der Waals surface area contributed by atoms with Crippen molar-refractivity contribution >= 4 is 21.4 Å². The van der Waals surface area contributed by atoms with E-state index in [1.165, 1.54) is 11.6 Å². The van der Waals surface area contributed by atoms with Gasteiger partial charge in [-0.2, -0.15) is 0 Å². The SMILES string of the molecule is Cc1cccc(C(NN)c2cc3cc(F)ccc3s2)c1. The van der Waals surface area contributed by atoms with E-state index >= 15 is 0 Å². The minimum Gasteiger partial charge on any atom is -0.271 e. The van der Waals surface area contributed by atoms with Crippen molar-refractivity contribution in [3.05, 3.63) is 70.4 Å². The second-order valence-electron chi connectivity index (χ2n) is 4.84. The first kappa shape index (κ1) is 13.2. The van der Waals surface area contributed by atoms with Gasteiger partial charge >= 0.3 is 0 Å². The van der Waals surface area contributed by atoms with Gasteiger partial charge in [-0.05, 0) is 42.1 Å². The molecule has 0 spiro atoms. The molecule has 1 unspecified atom stereocenters. The molecule has 2 aromatic carbocycles. The number of benzene rings is 2. The summed E-state index contributed by atoms with van der Waals surface area (Å²) in [5, 5.41) is 0.915. The molecule has 0 aliphatic heterocycles. The zero-order valence-electron chi connectivity index (χ0n) is 11.1. The van der Waals surface area contributed by atoms with Crippen molar-refractivity contribution in [2.24, 2.45) is 5.84 Å². The Bertz CT molecular complexity index is 751. The van der Waals surface area contributed by atoms with Crippen LogP contribution in [0.15, 0.2) is 48.5 Å². The number of rotatable bonds is 3. The van der Waals surface area contributed by atoms with Crippen LogP contribution in [0.4, 0.5) is 4.39 Å². The van der Waals surface area contributed by atoms with Crippen molar-refractivity contribution < 1.29 is 4.39 Å². The number of hydrazine groups is 1. The zero-order valence-corrected chi connectivity index (χ0v) is 11.9. The maximum absolute atomic E-state index is 13.3. The predicted molar refractivity (Wildman–Crippen MR) is 82.1 cm³/mol. The molecule has 1 heterocycles. The summed E-state index contributed by atoms with van der Waals surface area (Å²) in [6, 6.07) is 15.0. The maximum Gasteiger partial charge on any atom is 0.123 e. The fourth-order valence-electron chi connectivity index (χ4n) is 2.37. The van der Waals surface area contributed by atoms with Crippen molar-refractivity contribution in [2.45, 2.75) is 13.0 Å². The van der Waals surface area contributed by atoms with E-state index in [9.17, 15) is 4.39 Å². The molecule has 0 saturated heterocycles. The Balaban J connectivity index is 2.07. The third kappa shape index (κ3) is 2.45. The number of aryl methyl sites for hydroxylation is 1. The van der Waals surface area contributed by atoms with E-state index in [0.717, 1.165) is 20.5 Å². The van der Waals surface area contributed by atoms with Crippen molar-refractivity contribution in [2.75, 3.05) is 0 Å². The summed E-state index contributed by atoms with van der Waals surface area (Å²) in [5.41, 5.74) is 5.15. The molecule has 3 rings (SSSR count). The molecule has 20 heavy (non-hydrogen) atoms. The largest absolute Gasteiger partial charge is 0.271 e. The summed E-state index contributed by atoms with van der Waals surface area (Å²) in [4.78, 5) is 1.08. The highest BCUT2D eigenvalue weighted by atomic mass is 32.1. The molecule has 4 heteroatoms. The third-order valence-corrected chi connectivity index (χ3v) is 4.51. The third-order valence-electron chi connectivity index (χ3n) is 3.32. The summed E-state index contributed by atoms with van der Waals surface area (Å²) >= 11 is 1.63. The van der Waals surface area contributed by atoms with E-state index in [1.54, 1.807) is 17.4 Å². The number of nitrogens with one attached hydrogen (secondary N) is 1. The molecule has 0 radical (unpaired) electrons. The van der Waals surface area contributed by atoms with E-state index < -0.39 is 0 Å². The van der Waals surface area contributed by atoms with Gasteiger partial charge in [0, 0.05) is 9.58 Å². The standard InChI is InChI=1S/C16H15FN2S/c1-10-3-2-4-11(7-10)16(19-18)15-9-12-8-13(17)5-6-14(12)20-15/h2-9,16,19H,18H2,1H3. The number of fused-ring (bicyclic) bond motifs is 1. The molecule has 1 atom stereocenters. The molecular formula is C16H15FN2S. The van der Waals surface area contributed by atoms with Crippen LogP contribution in [0.5, 0.6) is 0 Å².